The van der Waals surface area contributed by atoms with Crippen molar-refractivity contribution < 1.29 is 9.84 Å². The van der Waals surface area contributed by atoms with Gasteiger partial charge in [-0.1, -0.05) is 30.3 Å². The minimum absolute atomic E-state index is 0. The standard InChI is InChI=1S/C17H29N3O2.HI/c1-3-18-17(19-12-8-14-22-4-2)20-13-11-16(21)15-9-6-5-7-10-15;/h5-7,9-10,16,21H,3-4,8,11-14H2,1-2H3,(H2,18,19,20);1H. The van der Waals surface area contributed by atoms with E-state index in [4.69, 9.17) is 4.74 Å². The van der Waals surface area contributed by atoms with E-state index in [2.05, 4.69) is 15.6 Å². The fraction of sp³-hybridized carbons (Fsp3) is 0.588. The van der Waals surface area contributed by atoms with Gasteiger partial charge in [-0.05, 0) is 32.3 Å². The minimum atomic E-state index is -0.450. The molecule has 0 aromatic heterocycles. The molecule has 1 atom stereocenters. The van der Waals surface area contributed by atoms with Gasteiger partial charge in [0, 0.05) is 32.8 Å². The molecule has 6 heteroatoms. The van der Waals surface area contributed by atoms with Crippen LogP contribution in [0.1, 0.15) is 38.4 Å². The molecule has 1 unspecified atom stereocenters. The summed E-state index contributed by atoms with van der Waals surface area (Å²) in [5, 5.41) is 16.6. The van der Waals surface area contributed by atoms with Gasteiger partial charge in [0.05, 0.1) is 6.10 Å². The lowest BCUT2D eigenvalue weighted by atomic mass is 10.1. The molecule has 1 aromatic carbocycles. The van der Waals surface area contributed by atoms with Gasteiger partial charge in [-0.15, -0.1) is 24.0 Å². The number of ether oxygens (including phenoxy) is 1. The lowest BCUT2D eigenvalue weighted by Gasteiger charge is -2.14. The number of hydrogen-bond donors (Lipinski definition) is 3. The molecule has 1 aromatic rings. The fourth-order valence-electron chi connectivity index (χ4n) is 2.01. The fourth-order valence-corrected chi connectivity index (χ4v) is 2.01. The Balaban J connectivity index is 0.00000484. The molecule has 5 nitrogen and oxygen atoms in total. The van der Waals surface area contributed by atoms with Crippen molar-refractivity contribution in [3.8, 4) is 0 Å². The zero-order valence-corrected chi connectivity index (χ0v) is 16.5. The van der Waals surface area contributed by atoms with Gasteiger partial charge in [0.1, 0.15) is 0 Å². The monoisotopic (exact) mass is 435 g/mol. The molecular weight excluding hydrogens is 405 g/mol. The Bertz CT molecular complexity index is 416. The first-order valence-electron chi connectivity index (χ1n) is 8.10. The summed E-state index contributed by atoms with van der Waals surface area (Å²) in [4.78, 5) is 4.49. The molecule has 0 aliphatic heterocycles. The Kier molecular flexibility index (Phi) is 14.2. The van der Waals surface area contributed by atoms with Gasteiger partial charge in [-0.2, -0.15) is 0 Å². The number of aliphatic hydroxyl groups is 1. The van der Waals surface area contributed by atoms with Gasteiger partial charge in [-0.25, -0.2) is 0 Å². The summed E-state index contributed by atoms with van der Waals surface area (Å²) in [6.45, 7) is 7.75. The van der Waals surface area contributed by atoms with E-state index in [1.165, 1.54) is 0 Å². The molecule has 0 aliphatic carbocycles. The van der Waals surface area contributed by atoms with Crippen molar-refractivity contribution in [3.05, 3.63) is 35.9 Å². The predicted octanol–water partition coefficient (Wildman–Crippen LogP) is 2.71. The number of rotatable bonds is 10. The average molecular weight is 435 g/mol. The number of nitrogens with zero attached hydrogens (tertiary/aromatic N) is 1. The second kappa shape index (κ2) is 14.7. The maximum absolute atomic E-state index is 10.1. The summed E-state index contributed by atoms with van der Waals surface area (Å²) in [7, 11) is 0. The number of hydrogen-bond acceptors (Lipinski definition) is 3. The number of nitrogens with one attached hydrogen (secondary N) is 2. The van der Waals surface area contributed by atoms with E-state index < -0.39 is 6.10 Å². The van der Waals surface area contributed by atoms with Crippen LogP contribution >= 0.6 is 24.0 Å². The van der Waals surface area contributed by atoms with Crippen molar-refractivity contribution in [2.24, 2.45) is 4.99 Å². The first-order chi connectivity index (χ1) is 10.8. The summed E-state index contributed by atoms with van der Waals surface area (Å²) in [5.41, 5.74) is 0.947. The summed E-state index contributed by atoms with van der Waals surface area (Å²) >= 11 is 0. The van der Waals surface area contributed by atoms with Crippen LogP contribution in [0.2, 0.25) is 0 Å². The maximum atomic E-state index is 10.1. The Morgan fingerprint density at radius 1 is 1.22 bits per heavy atom. The molecular formula is C17H30IN3O2. The van der Waals surface area contributed by atoms with Crippen LogP contribution in [0.25, 0.3) is 0 Å². The SMILES string of the molecule is CCNC(=NCCCOCC)NCCC(O)c1ccccc1.I. The summed E-state index contributed by atoms with van der Waals surface area (Å²) < 4.78 is 5.29. The van der Waals surface area contributed by atoms with Crippen LogP contribution < -0.4 is 10.6 Å². The first kappa shape index (κ1) is 22.1. The Morgan fingerprint density at radius 2 is 1.96 bits per heavy atom. The van der Waals surface area contributed by atoms with E-state index in [1.807, 2.05) is 44.2 Å². The third-order valence-electron chi connectivity index (χ3n) is 3.16. The molecule has 0 radical (unpaired) electrons. The van der Waals surface area contributed by atoms with Gasteiger partial charge in [0.25, 0.3) is 0 Å². The normalized spacial score (nSPS) is 12.4. The first-order valence-corrected chi connectivity index (χ1v) is 8.10. The highest BCUT2D eigenvalue weighted by Gasteiger charge is 2.06. The molecule has 1 rings (SSSR count). The van der Waals surface area contributed by atoms with Crippen molar-refractivity contribution in [1.82, 2.24) is 10.6 Å². The highest BCUT2D eigenvalue weighted by molar-refractivity contribution is 14.0. The van der Waals surface area contributed by atoms with Crippen LogP contribution in [0.3, 0.4) is 0 Å². The van der Waals surface area contributed by atoms with Crippen LogP contribution in [-0.4, -0.2) is 43.9 Å². The highest BCUT2D eigenvalue weighted by atomic mass is 127. The Morgan fingerprint density at radius 3 is 2.61 bits per heavy atom. The summed E-state index contributed by atoms with van der Waals surface area (Å²) in [6.07, 6.45) is 1.11. The molecule has 0 amide bonds. The molecule has 23 heavy (non-hydrogen) atoms. The zero-order valence-electron chi connectivity index (χ0n) is 14.1. The summed E-state index contributed by atoms with van der Waals surface area (Å²) in [5.74, 6) is 0.791. The topological polar surface area (TPSA) is 65.9 Å². The molecule has 0 saturated heterocycles. The van der Waals surface area contributed by atoms with Crippen molar-refractivity contribution in [2.45, 2.75) is 32.8 Å². The Hall–Kier alpha value is -0.860. The van der Waals surface area contributed by atoms with E-state index in [0.29, 0.717) is 13.0 Å². The van der Waals surface area contributed by atoms with Crippen LogP contribution in [0.4, 0.5) is 0 Å². The number of guanidine groups is 1. The van der Waals surface area contributed by atoms with Crippen LogP contribution in [-0.2, 0) is 4.74 Å². The van der Waals surface area contributed by atoms with Crippen LogP contribution in [0, 0.1) is 0 Å². The lowest BCUT2D eigenvalue weighted by molar-refractivity contribution is 0.146. The molecule has 3 N–H and O–H groups in total. The van der Waals surface area contributed by atoms with Crippen molar-refractivity contribution in [1.29, 1.82) is 0 Å². The van der Waals surface area contributed by atoms with E-state index in [-0.39, 0.29) is 24.0 Å². The highest BCUT2D eigenvalue weighted by Crippen LogP contribution is 2.14. The van der Waals surface area contributed by atoms with Crippen molar-refractivity contribution in [3.63, 3.8) is 0 Å². The molecule has 0 spiro atoms. The van der Waals surface area contributed by atoms with E-state index in [0.717, 1.165) is 44.2 Å². The number of aliphatic imine (C=N–C) groups is 1. The van der Waals surface area contributed by atoms with Gasteiger partial charge in [-0.3, -0.25) is 4.99 Å². The average Bonchev–Trinajstić information content (AvgIpc) is 2.55. The van der Waals surface area contributed by atoms with E-state index >= 15 is 0 Å². The van der Waals surface area contributed by atoms with Gasteiger partial charge in [0.2, 0.25) is 0 Å². The predicted molar refractivity (Wildman–Crippen MR) is 107 cm³/mol. The second-order valence-corrected chi connectivity index (χ2v) is 4.95. The van der Waals surface area contributed by atoms with Gasteiger partial charge >= 0.3 is 0 Å². The van der Waals surface area contributed by atoms with Crippen LogP contribution in [0.15, 0.2) is 35.3 Å². The van der Waals surface area contributed by atoms with E-state index in [1.54, 1.807) is 0 Å². The third-order valence-corrected chi connectivity index (χ3v) is 3.16. The minimum Gasteiger partial charge on any atom is -0.388 e. The number of aliphatic hydroxyl groups excluding tert-OH is 1. The molecule has 0 fully saturated rings. The van der Waals surface area contributed by atoms with Gasteiger partial charge < -0.3 is 20.5 Å². The summed E-state index contributed by atoms with van der Waals surface area (Å²) in [6, 6.07) is 9.72. The van der Waals surface area contributed by atoms with Crippen LogP contribution in [0.5, 0.6) is 0 Å². The zero-order chi connectivity index (χ0) is 16.0. The lowest BCUT2D eigenvalue weighted by Crippen LogP contribution is -2.38. The maximum Gasteiger partial charge on any atom is 0.191 e. The number of halogens is 1. The molecule has 0 saturated carbocycles. The number of benzene rings is 1. The Labute approximate surface area is 156 Å². The molecule has 0 heterocycles. The smallest absolute Gasteiger partial charge is 0.191 e. The molecule has 132 valence electrons. The van der Waals surface area contributed by atoms with Crippen molar-refractivity contribution >= 4 is 29.9 Å². The molecule has 0 aliphatic rings. The largest absolute Gasteiger partial charge is 0.388 e. The quantitative estimate of drug-likeness (QED) is 0.229. The van der Waals surface area contributed by atoms with Crippen molar-refractivity contribution in [2.75, 3.05) is 32.8 Å². The molecule has 0 bridgehead atoms. The van der Waals surface area contributed by atoms with Gasteiger partial charge in [0.15, 0.2) is 5.96 Å². The third kappa shape index (κ3) is 10.5. The second-order valence-electron chi connectivity index (χ2n) is 4.95. The van der Waals surface area contributed by atoms with E-state index in [9.17, 15) is 5.11 Å².